The zero-order chi connectivity index (χ0) is 16.1. The van der Waals surface area contributed by atoms with Gasteiger partial charge in [0.05, 0.1) is 5.56 Å². The van der Waals surface area contributed by atoms with E-state index in [-0.39, 0.29) is 17.3 Å². The molecule has 0 amide bonds. The van der Waals surface area contributed by atoms with E-state index in [4.69, 9.17) is 16.7 Å². The van der Waals surface area contributed by atoms with Crippen LogP contribution in [0.25, 0.3) is 0 Å². The number of carboxylic acids is 1. The standard InChI is InChI=1S/C18H17ClO3/c1-2-3-16(12-4-6-14(7-5-12)18(21)22)17(20)13-8-10-15(19)11-9-13/h4-11,16H,2-3H2,1H3,(H,21,22). The third-order valence-electron chi connectivity index (χ3n) is 3.58. The first-order valence-corrected chi connectivity index (χ1v) is 7.53. The minimum Gasteiger partial charge on any atom is -0.478 e. The normalized spacial score (nSPS) is 11.9. The van der Waals surface area contributed by atoms with Crippen LogP contribution in [0.15, 0.2) is 48.5 Å². The van der Waals surface area contributed by atoms with Crippen molar-refractivity contribution in [1.82, 2.24) is 0 Å². The number of carbonyl (C=O) groups excluding carboxylic acids is 1. The second-order valence-electron chi connectivity index (χ2n) is 5.14. The monoisotopic (exact) mass is 316 g/mol. The van der Waals surface area contributed by atoms with Crippen molar-refractivity contribution < 1.29 is 14.7 Å². The molecule has 0 saturated heterocycles. The second kappa shape index (κ2) is 7.23. The molecule has 0 spiro atoms. The van der Waals surface area contributed by atoms with Crippen LogP contribution in [0, 0.1) is 0 Å². The summed E-state index contributed by atoms with van der Waals surface area (Å²) in [5, 5.41) is 9.54. The summed E-state index contributed by atoms with van der Waals surface area (Å²) in [5.74, 6) is -1.21. The molecule has 1 unspecified atom stereocenters. The number of hydrogen-bond donors (Lipinski definition) is 1. The van der Waals surface area contributed by atoms with Gasteiger partial charge in [0.2, 0.25) is 0 Å². The predicted molar refractivity (Wildman–Crippen MR) is 86.8 cm³/mol. The molecule has 0 aromatic heterocycles. The third-order valence-corrected chi connectivity index (χ3v) is 3.83. The zero-order valence-corrected chi connectivity index (χ0v) is 13.0. The Morgan fingerprint density at radius 3 is 2.05 bits per heavy atom. The minimum absolute atomic E-state index is 0.0293. The first-order valence-electron chi connectivity index (χ1n) is 7.16. The van der Waals surface area contributed by atoms with E-state index in [0.717, 1.165) is 12.0 Å². The van der Waals surface area contributed by atoms with E-state index in [1.54, 1.807) is 36.4 Å². The Kier molecular flexibility index (Phi) is 5.34. The second-order valence-corrected chi connectivity index (χ2v) is 5.58. The molecule has 1 atom stereocenters. The Balaban J connectivity index is 2.30. The molecule has 3 nitrogen and oxygen atoms in total. The quantitative estimate of drug-likeness (QED) is 0.778. The van der Waals surface area contributed by atoms with Crippen LogP contribution in [0.2, 0.25) is 5.02 Å². The lowest BCUT2D eigenvalue weighted by molar-refractivity contribution is 0.0696. The average Bonchev–Trinajstić information content (AvgIpc) is 2.53. The first kappa shape index (κ1) is 16.2. The van der Waals surface area contributed by atoms with Crippen molar-refractivity contribution in [3.8, 4) is 0 Å². The number of carboxylic acid groups (broad SMARTS) is 1. The molecule has 0 bridgehead atoms. The molecule has 2 aromatic rings. The van der Waals surface area contributed by atoms with Crippen molar-refractivity contribution in [2.75, 3.05) is 0 Å². The number of halogens is 1. The summed E-state index contributed by atoms with van der Waals surface area (Å²) >= 11 is 5.85. The summed E-state index contributed by atoms with van der Waals surface area (Å²) in [5.41, 5.74) is 1.68. The molecule has 0 saturated carbocycles. The number of benzene rings is 2. The van der Waals surface area contributed by atoms with Crippen LogP contribution in [-0.2, 0) is 0 Å². The fraction of sp³-hybridized carbons (Fsp3) is 0.222. The summed E-state index contributed by atoms with van der Waals surface area (Å²) in [6.07, 6.45) is 1.58. The molecular formula is C18H17ClO3. The van der Waals surface area contributed by atoms with Gasteiger partial charge in [0.15, 0.2) is 5.78 Å². The van der Waals surface area contributed by atoms with Crippen LogP contribution in [-0.4, -0.2) is 16.9 Å². The van der Waals surface area contributed by atoms with E-state index in [2.05, 4.69) is 0 Å². The fourth-order valence-corrected chi connectivity index (χ4v) is 2.54. The van der Waals surface area contributed by atoms with Gasteiger partial charge >= 0.3 is 5.97 Å². The van der Waals surface area contributed by atoms with Crippen LogP contribution in [0.4, 0.5) is 0 Å². The summed E-state index contributed by atoms with van der Waals surface area (Å²) in [4.78, 5) is 23.6. The van der Waals surface area contributed by atoms with Gasteiger partial charge in [0, 0.05) is 16.5 Å². The molecule has 0 aliphatic rings. The predicted octanol–water partition coefficient (Wildman–Crippen LogP) is 4.80. The van der Waals surface area contributed by atoms with E-state index < -0.39 is 5.97 Å². The van der Waals surface area contributed by atoms with Gasteiger partial charge in [-0.1, -0.05) is 37.1 Å². The fourth-order valence-electron chi connectivity index (χ4n) is 2.41. The van der Waals surface area contributed by atoms with E-state index in [0.29, 0.717) is 17.0 Å². The molecule has 114 valence electrons. The summed E-state index contributed by atoms with van der Waals surface area (Å²) in [7, 11) is 0. The van der Waals surface area contributed by atoms with E-state index >= 15 is 0 Å². The maximum absolute atomic E-state index is 12.7. The van der Waals surface area contributed by atoms with Gasteiger partial charge in [-0.3, -0.25) is 4.79 Å². The molecule has 0 radical (unpaired) electrons. The molecular weight excluding hydrogens is 300 g/mol. The van der Waals surface area contributed by atoms with Crippen LogP contribution >= 0.6 is 11.6 Å². The molecule has 2 rings (SSSR count). The Morgan fingerprint density at radius 2 is 1.55 bits per heavy atom. The third kappa shape index (κ3) is 3.74. The molecule has 0 heterocycles. The highest BCUT2D eigenvalue weighted by atomic mass is 35.5. The highest BCUT2D eigenvalue weighted by molar-refractivity contribution is 6.30. The summed E-state index contributed by atoms with van der Waals surface area (Å²) in [6.45, 7) is 2.02. The molecule has 2 aromatic carbocycles. The molecule has 4 heteroatoms. The van der Waals surface area contributed by atoms with E-state index in [9.17, 15) is 9.59 Å². The van der Waals surface area contributed by atoms with Gasteiger partial charge in [-0.25, -0.2) is 4.79 Å². The Bertz CT molecular complexity index is 660. The van der Waals surface area contributed by atoms with Gasteiger partial charge in [-0.2, -0.15) is 0 Å². The maximum atomic E-state index is 12.7. The van der Waals surface area contributed by atoms with Gasteiger partial charge in [0.25, 0.3) is 0 Å². The van der Waals surface area contributed by atoms with Crippen molar-refractivity contribution in [2.45, 2.75) is 25.7 Å². The molecule has 0 aliphatic carbocycles. The van der Waals surface area contributed by atoms with Crippen molar-refractivity contribution >= 4 is 23.4 Å². The van der Waals surface area contributed by atoms with Gasteiger partial charge < -0.3 is 5.11 Å². The van der Waals surface area contributed by atoms with Crippen LogP contribution in [0.1, 0.15) is 52.0 Å². The number of hydrogen-bond acceptors (Lipinski definition) is 2. The van der Waals surface area contributed by atoms with Crippen molar-refractivity contribution in [3.05, 3.63) is 70.2 Å². The zero-order valence-electron chi connectivity index (χ0n) is 12.3. The molecule has 0 aliphatic heterocycles. The summed E-state index contributed by atoms with van der Waals surface area (Å²) < 4.78 is 0. The first-order chi connectivity index (χ1) is 10.5. The smallest absolute Gasteiger partial charge is 0.335 e. The number of ketones is 1. The Morgan fingerprint density at radius 1 is 1.00 bits per heavy atom. The van der Waals surface area contributed by atoms with Crippen molar-refractivity contribution in [3.63, 3.8) is 0 Å². The molecule has 0 fully saturated rings. The number of Topliss-reactive ketones (excluding diaryl/α,β-unsaturated/α-hetero) is 1. The summed E-state index contributed by atoms with van der Waals surface area (Å²) in [6, 6.07) is 13.4. The largest absolute Gasteiger partial charge is 0.478 e. The van der Waals surface area contributed by atoms with Crippen molar-refractivity contribution in [2.24, 2.45) is 0 Å². The molecule has 1 N–H and O–H groups in total. The van der Waals surface area contributed by atoms with Gasteiger partial charge in [0.1, 0.15) is 0 Å². The van der Waals surface area contributed by atoms with E-state index in [1.165, 1.54) is 12.1 Å². The number of carbonyl (C=O) groups is 2. The van der Waals surface area contributed by atoms with E-state index in [1.807, 2.05) is 6.92 Å². The van der Waals surface area contributed by atoms with Gasteiger partial charge in [-0.15, -0.1) is 0 Å². The lowest BCUT2D eigenvalue weighted by Crippen LogP contribution is -2.13. The highest BCUT2D eigenvalue weighted by Gasteiger charge is 2.21. The Hall–Kier alpha value is -2.13. The van der Waals surface area contributed by atoms with Gasteiger partial charge in [-0.05, 0) is 48.4 Å². The minimum atomic E-state index is -0.970. The van der Waals surface area contributed by atoms with Crippen LogP contribution in [0.5, 0.6) is 0 Å². The number of aromatic carboxylic acids is 1. The number of rotatable bonds is 6. The highest BCUT2D eigenvalue weighted by Crippen LogP contribution is 2.26. The average molecular weight is 317 g/mol. The molecule has 22 heavy (non-hydrogen) atoms. The maximum Gasteiger partial charge on any atom is 0.335 e. The Labute approximate surface area is 134 Å². The lowest BCUT2D eigenvalue weighted by atomic mass is 9.87. The lowest BCUT2D eigenvalue weighted by Gasteiger charge is -2.16. The SMILES string of the molecule is CCCC(C(=O)c1ccc(Cl)cc1)c1ccc(C(=O)O)cc1. The van der Waals surface area contributed by atoms with Crippen molar-refractivity contribution in [1.29, 1.82) is 0 Å². The van der Waals surface area contributed by atoms with Crippen LogP contribution < -0.4 is 0 Å². The van der Waals surface area contributed by atoms with Crippen LogP contribution in [0.3, 0.4) is 0 Å². The topological polar surface area (TPSA) is 54.4 Å².